The average molecular weight is 914 g/mol. The summed E-state index contributed by atoms with van der Waals surface area (Å²) in [5.41, 5.74) is 0.815. The number of benzene rings is 1. The summed E-state index contributed by atoms with van der Waals surface area (Å²) in [6.07, 6.45) is 6.99. The van der Waals surface area contributed by atoms with Crippen LogP contribution in [-0.4, -0.2) is 113 Å². The second-order valence-corrected chi connectivity index (χ2v) is 16.6. The summed E-state index contributed by atoms with van der Waals surface area (Å²) >= 11 is 7.45. The molecule has 8 N–H and O–H groups in total. The molecule has 1 unspecified atom stereocenters. The number of nitrogens with zero attached hydrogens (tertiary/aromatic N) is 2. The Balaban J connectivity index is 1.91. The molecular formula is C44H61ClN8O9S. The monoisotopic (exact) mass is 912 g/mol. The van der Waals surface area contributed by atoms with Crippen molar-refractivity contribution in [3.05, 3.63) is 68.7 Å². The minimum absolute atomic E-state index is 0.0269. The summed E-state index contributed by atoms with van der Waals surface area (Å²) < 4.78 is 5.29. The molecule has 3 aromatic rings. The first kappa shape index (κ1) is 51.9. The quantitative estimate of drug-likeness (QED) is 0.0430. The number of thiophene rings is 1. The lowest BCUT2D eigenvalue weighted by atomic mass is 9.96. The molecule has 0 aliphatic carbocycles. The molecule has 0 aliphatic rings. The van der Waals surface area contributed by atoms with Crippen LogP contribution in [0.2, 0.25) is 5.02 Å². The van der Waals surface area contributed by atoms with Gasteiger partial charge in [-0.1, -0.05) is 76.7 Å². The van der Waals surface area contributed by atoms with E-state index in [4.69, 9.17) is 22.5 Å². The highest BCUT2D eigenvalue weighted by molar-refractivity contribution is 7.08. The summed E-state index contributed by atoms with van der Waals surface area (Å²) in [7, 11) is 0. The topological polar surface area (TPSA) is 244 Å². The Morgan fingerprint density at radius 1 is 0.873 bits per heavy atom. The molecule has 6 atom stereocenters. The smallest absolute Gasteiger partial charge is 0.274 e. The fourth-order valence-electron chi connectivity index (χ4n) is 6.43. The molecule has 0 radical (unpaired) electrons. The molecule has 344 valence electrons. The summed E-state index contributed by atoms with van der Waals surface area (Å²) in [6, 6.07) is 1.11. The second kappa shape index (κ2) is 26.2. The van der Waals surface area contributed by atoms with Gasteiger partial charge in [0.1, 0.15) is 41.7 Å². The number of terminal acetylenes is 1. The molecule has 1 aromatic carbocycles. The zero-order chi connectivity index (χ0) is 46.6. The molecule has 2 heterocycles. The highest BCUT2D eigenvalue weighted by atomic mass is 35.5. The number of aliphatic hydroxyl groups excluding tert-OH is 1. The number of carbonyl (C=O) groups is 6. The number of phenolic OH excluding ortho intramolecular Hbond substituents is 1. The number of phenols is 1. The van der Waals surface area contributed by atoms with Crippen LogP contribution in [-0.2, 0) is 30.4 Å². The van der Waals surface area contributed by atoms with Gasteiger partial charge in [0.05, 0.1) is 18.2 Å². The zero-order valence-corrected chi connectivity index (χ0v) is 38.2. The number of amides is 6. The maximum atomic E-state index is 14.4. The molecule has 0 saturated heterocycles. The number of aromatic nitrogens is 1. The number of nitrogens with one attached hydrogen (secondary N) is 6. The van der Waals surface area contributed by atoms with E-state index >= 15 is 0 Å². The lowest BCUT2D eigenvalue weighted by Crippen LogP contribution is -2.59. The van der Waals surface area contributed by atoms with Crippen LogP contribution in [0.5, 0.6) is 5.75 Å². The average Bonchev–Trinajstić information content (AvgIpc) is 4.00. The Morgan fingerprint density at radius 2 is 1.57 bits per heavy atom. The fourth-order valence-corrected chi connectivity index (χ4v) is 7.31. The van der Waals surface area contributed by atoms with Gasteiger partial charge in [0.2, 0.25) is 29.5 Å². The summed E-state index contributed by atoms with van der Waals surface area (Å²) in [5.74, 6) is -2.31. The van der Waals surface area contributed by atoms with Gasteiger partial charge in [0.15, 0.2) is 5.69 Å². The van der Waals surface area contributed by atoms with Gasteiger partial charge in [-0.05, 0) is 84.9 Å². The summed E-state index contributed by atoms with van der Waals surface area (Å²) in [4.78, 5) is 84.8. The maximum absolute atomic E-state index is 14.4. The molecule has 6 amide bonds. The van der Waals surface area contributed by atoms with Crippen molar-refractivity contribution in [2.45, 2.75) is 110 Å². The van der Waals surface area contributed by atoms with Crippen molar-refractivity contribution in [3.8, 4) is 18.1 Å². The lowest BCUT2D eigenvalue weighted by Gasteiger charge is -2.29. The van der Waals surface area contributed by atoms with E-state index < -0.39 is 78.2 Å². The van der Waals surface area contributed by atoms with Crippen LogP contribution in [0.25, 0.3) is 0 Å². The minimum atomic E-state index is -1.35. The molecule has 3 rings (SSSR count). The molecule has 2 aromatic heterocycles. The first-order chi connectivity index (χ1) is 30.1. The van der Waals surface area contributed by atoms with Crippen molar-refractivity contribution in [1.29, 1.82) is 0 Å². The normalized spacial score (nSPS) is 14.0. The first-order valence-electron chi connectivity index (χ1n) is 21.1. The number of rotatable bonds is 26. The Kier molecular flexibility index (Phi) is 21.6. The maximum Gasteiger partial charge on any atom is 0.274 e. The van der Waals surface area contributed by atoms with Crippen molar-refractivity contribution >= 4 is 58.4 Å². The van der Waals surface area contributed by atoms with Gasteiger partial charge in [-0.15, -0.1) is 6.42 Å². The van der Waals surface area contributed by atoms with Crippen LogP contribution < -0.4 is 31.9 Å². The number of aliphatic hydroxyl groups is 1. The molecule has 63 heavy (non-hydrogen) atoms. The van der Waals surface area contributed by atoms with Gasteiger partial charge in [0, 0.05) is 18.4 Å². The van der Waals surface area contributed by atoms with E-state index in [0.717, 1.165) is 19.6 Å². The third kappa shape index (κ3) is 16.0. The van der Waals surface area contributed by atoms with Crippen molar-refractivity contribution in [3.63, 3.8) is 0 Å². The van der Waals surface area contributed by atoms with Gasteiger partial charge in [-0.3, -0.25) is 28.8 Å². The minimum Gasteiger partial charge on any atom is -0.506 e. The Morgan fingerprint density at radius 3 is 2.16 bits per heavy atom. The van der Waals surface area contributed by atoms with Crippen LogP contribution >= 0.6 is 22.9 Å². The van der Waals surface area contributed by atoms with Crippen molar-refractivity contribution in [1.82, 2.24) is 42.0 Å². The van der Waals surface area contributed by atoms with Gasteiger partial charge in [-0.2, -0.15) is 11.3 Å². The Bertz CT molecular complexity index is 2020. The van der Waals surface area contributed by atoms with Crippen molar-refractivity contribution in [2.24, 2.45) is 5.92 Å². The number of aromatic hydroxyl groups is 1. The summed E-state index contributed by atoms with van der Waals surface area (Å²) in [6.45, 7) is 13.0. The van der Waals surface area contributed by atoms with Crippen molar-refractivity contribution < 1.29 is 43.5 Å². The molecule has 0 aliphatic heterocycles. The molecule has 0 fully saturated rings. The third-order valence-electron chi connectivity index (χ3n) is 10.5. The number of carbonyl (C=O) groups excluding carboxylic acids is 6. The highest BCUT2D eigenvalue weighted by Crippen LogP contribution is 2.25. The van der Waals surface area contributed by atoms with Crippen LogP contribution in [0.4, 0.5) is 0 Å². The number of halogens is 1. The van der Waals surface area contributed by atoms with Crippen LogP contribution in [0.15, 0.2) is 45.6 Å². The van der Waals surface area contributed by atoms with Crippen LogP contribution in [0.3, 0.4) is 0 Å². The van der Waals surface area contributed by atoms with E-state index in [0.29, 0.717) is 36.1 Å². The summed E-state index contributed by atoms with van der Waals surface area (Å²) in [5, 5.41) is 43.1. The standard InChI is InChI=1S/C44H61ClN8O9S/c1-8-18-46-39(56)34(24-54)49-40(57)31(14-12-13-19-53(10-3)11-4)47-43(60)37(27(7)9-2)50-44(61)38(29-17-20-63-25-29)51-41(58)32(22-28-15-16-35(55)30(45)21-28)48-42(59)33-23-36(26(5)6)62-52-33/h1,15-17,20-21,23,25-27,31-32,34,37-38,54-55H,9-14,18-19,22,24H2,2-7H3,(H,46,56)(H,47,60)(H,48,59)(H,49,57)(H,50,61)(H,51,58)/t27-,31-,32-,34-,37?,38-/m0/s1. The molecule has 19 heteroatoms. The van der Waals surface area contributed by atoms with E-state index in [1.807, 2.05) is 34.6 Å². The van der Waals surface area contributed by atoms with E-state index in [1.54, 1.807) is 23.8 Å². The highest BCUT2D eigenvalue weighted by Gasteiger charge is 2.35. The molecule has 0 saturated carbocycles. The molecule has 0 bridgehead atoms. The van der Waals surface area contributed by atoms with Gasteiger partial charge < -0.3 is 51.5 Å². The zero-order valence-electron chi connectivity index (χ0n) is 36.7. The first-order valence-corrected chi connectivity index (χ1v) is 22.4. The van der Waals surface area contributed by atoms with E-state index in [9.17, 15) is 39.0 Å². The predicted molar refractivity (Wildman–Crippen MR) is 240 cm³/mol. The lowest BCUT2D eigenvalue weighted by molar-refractivity contribution is -0.136. The Labute approximate surface area is 377 Å². The number of unbranched alkanes of at least 4 members (excludes halogenated alkanes) is 1. The largest absolute Gasteiger partial charge is 0.506 e. The van der Waals surface area contributed by atoms with E-state index in [2.05, 4.69) is 47.9 Å². The van der Waals surface area contributed by atoms with Crippen LogP contribution in [0, 0.1) is 18.3 Å². The number of hydrogen-bond donors (Lipinski definition) is 8. The SMILES string of the molecule is C#CCNC(=O)[C@H](CO)NC(=O)[C@H](CCCCN(CC)CC)NC(=O)C(NC(=O)[C@@H](NC(=O)[C@H](Cc1ccc(O)c(Cl)c1)NC(=O)c1cc(C(C)C)on1)c1ccsc1)[C@@H](C)CC. The van der Waals surface area contributed by atoms with E-state index in [1.165, 1.54) is 35.6 Å². The Hall–Kier alpha value is -5.48. The van der Waals surface area contributed by atoms with Gasteiger partial charge >= 0.3 is 0 Å². The third-order valence-corrected chi connectivity index (χ3v) is 11.6. The van der Waals surface area contributed by atoms with Crippen molar-refractivity contribution in [2.75, 3.05) is 32.8 Å². The second-order valence-electron chi connectivity index (χ2n) is 15.4. The fraction of sp³-hybridized carbons (Fsp3) is 0.523. The number of hydrogen-bond acceptors (Lipinski definition) is 12. The van der Waals surface area contributed by atoms with Crippen LogP contribution in [0.1, 0.15) is 107 Å². The van der Waals surface area contributed by atoms with E-state index in [-0.39, 0.29) is 41.8 Å². The predicted octanol–water partition coefficient (Wildman–Crippen LogP) is 3.17. The van der Waals surface area contributed by atoms with Gasteiger partial charge in [0.25, 0.3) is 5.91 Å². The molecule has 0 spiro atoms. The molecule has 17 nitrogen and oxygen atoms in total. The van der Waals surface area contributed by atoms with Gasteiger partial charge in [-0.25, -0.2) is 0 Å². The molecular weight excluding hydrogens is 852 g/mol.